The van der Waals surface area contributed by atoms with Gasteiger partial charge in [0.1, 0.15) is 5.39 Å². The number of thiophene rings is 1. The van der Waals surface area contributed by atoms with Gasteiger partial charge in [-0.3, -0.25) is 4.79 Å². The van der Waals surface area contributed by atoms with E-state index < -0.39 is 5.97 Å². The number of likely N-dealkylation sites (N-methyl/N-ethyl adjacent to an activating group) is 1. The molecule has 4 rings (SSSR count). The van der Waals surface area contributed by atoms with Crippen LogP contribution >= 0.6 is 11.3 Å². The van der Waals surface area contributed by atoms with Crippen LogP contribution in [0, 0.1) is 0 Å². The van der Waals surface area contributed by atoms with E-state index in [4.69, 9.17) is 4.74 Å². The minimum absolute atomic E-state index is 0.0665. The van der Waals surface area contributed by atoms with Crippen molar-refractivity contribution >= 4 is 38.3 Å². The molecule has 29 heavy (non-hydrogen) atoms. The zero-order valence-corrected chi connectivity index (χ0v) is 17.2. The van der Waals surface area contributed by atoms with Crippen molar-refractivity contribution in [3.8, 4) is 5.75 Å². The Morgan fingerprint density at radius 2 is 2.07 bits per heavy atom. The minimum atomic E-state index is -0.612. The number of rotatable bonds is 4. The molecule has 0 saturated carbocycles. The van der Waals surface area contributed by atoms with Crippen molar-refractivity contribution in [3.05, 3.63) is 63.4 Å². The molecule has 1 aliphatic heterocycles. The zero-order valence-electron chi connectivity index (χ0n) is 16.3. The predicted octanol–water partition coefficient (Wildman–Crippen LogP) is 3.87. The number of esters is 1. The topological polar surface area (TPSA) is 71.8 Å². The van der Waals surface area contributed by atoms with Gasteiger partial charge in [-0.1, -0.05) is 36.4 Å². The van der Waals surface area contributed by atoms with Crippen LogP contribution in [-0.2, 0) is 11.3 Å². The van der Waals surface area contributed by atoms with Crippen LogP contribution in [0.3, 0.4) is 0 Å². The Labute approximate surface area is 171 Å². The molecule has 6 nitrogen and oxygen atoms in total. The minimum Gasteiger partial charge on any atom is -0.505 e. The summed E-state index contributed by atoms with van der Waals surface area (Å²) in [6.45, 7) is 3.07. The standard InChI is InChI=1S/C22H22N2O4S/c1-3-28-22(27)20-18(25)17-19(29-20)15-10-6-7-11-16(15)24(21(17)26)13-14-9-5-4-8-12-23(14)2/h4,6-11,25H,3,5,12-13H2,1-2H3. The maximum atomic E-state index is 13.4. The van der Waals surface area contributed by atoms with E-state index in [0.717, 1.165) is 40.9 Å². The van der Waals surface area contributed by atoms with Gasteiger partial charge in [0.25, 0.3) is 5.56 Å². The highest BCUT2D eigenvalue weighted by molar-refractivity contribution is 7.22. The predicted molar refractivity (Wildman–Crippen MR) is 116 cm³/mol. The molecule has 0 fully saturated rings. The second-order valence-electron chi connectivity index (χ2n) is 6.90. The maximum Gasteiger partial charge on any atom is 0.352 e. The number of benzene rings is 1. The third-order valence-corrected chi connectivity index (χ3v) is 6.28. The monoisotopic (exact) mass is 410 g/mol. The number of hydrogen-bond donors (Lipinski definition) is 1. The summed E-state index contributed by atoms with van der Waals surface area (Å²) in [7, 11) is 1.99. The number of hydrogen-bond acceptors (Lipinski definition) is 6. The van der Waals surface area contributed by atoms with E-state index in [1.165, 1.54) is 0 Å². The average molecular weight is 410 g/mol. The fraction of sp³-hybridized carbons (Fsp3) is 0.273. The number of ether oxygens (including phenoxy) is 1. The third kappa shape index (κ3) is 3.31. The number of fused-ring (bicyclic) bond motifs is 3. The first-order valence-corrected chi connectivity index (χ1v) is 10.3. The van der Waals surface area contributed by atoms with Gasteiger partial charge in [0, 0.05) is 24.7 Å². The lowest BCUT2D eigenvalue weighted by Crippen LogP contribution is -2.27. The molecule has 0 atom stereocenters. The molecular formula is C22H22N2O4S. The number of nitrogens with zero attached hydrogens (tertiary/aromatic N) is 2. The van der Waals surface area contributed by atoms with Crippen molar-refractivity contribution in [2.45, 2.75) is 19.9 Å². The molecule has 0 saturated heterocycles. The normalized spacial score (nSPS) is 14.3. The zero-order chi connectivity index (χ0) is 20.5. The van der Waals surface area contributed by atoms with Crippen LogP contribution in [0.15, 0.2) is 53.0 Å². The first-order valence-electron chi connectivity index (χ1n) is 9.52. The molecule has 2 aromatic heterocycles. The second-order valence-corrected chi connectivity index (χ2v) is 7.92. The third-order valence-electron chi connectivity index (χ3n) is 5.09. The summed E-state index contributed by atoms with van der Waals surface area (Å²) in [4.78, 5) is 27.9. The first-order chi connectivity index (χ1) is 14.0. The molecule has 0 amide bonds. The van der Waals surface area contributed by atoms with Gasteiger partial charge < -0.3 is 19.3 Å². The Balaban J connectivity index is 1.96. The van der Waals surface area contributed by atoms with Crippen molar-refractivity contribution in [1.29, 1.82) is 0 Å². The van der Waals surface area contributed by atoms with E-state index in [1.54, 1.807) is 11.5 Å². The van der Waals surface area contributed by atoms with Gasteiger partial charge in [-0.05, 0) is 19.4 Å². The van der Waals surface area contributed by atoms with Crippen LogP contribution in [0.2, 0.25) is 0 Å². The number of carbonyl (C=O) groups is 1. The Morgan fingerprint density at radius 3 is 2.86 bits per heavy atom. The van der Waals surface area contributed by atoms with E-state index in [0.29, 0.717) is 11.2 Å². The SMILES string of the molecule is CCOC(=O)c1sc2c(c1O)c(=O)n(CC1=CCC=CCN1C)c1ccccc21. The summed E-state index contributed by atoms with van der Waals surface area (Å²) in [5.74, 6) is -0.906. The molecule has 0 unspecified atom stereocenters. The van der Waals surface area contributed by atoms with E-state index in [-0.39, 0.29) is 28.2 Å². The summed E-state index contributed by atoms with van der Waals surface area (Å²) in [6.07, 6.45) is 7.12. The molecule has 3 heterocycles. The summed E-state index contributed by atoms with van der Waals surface area (Å²) in [6, 6.07) is 7.58. The Morgan fingerprint density at radius 1 is 1.28 bits per heavy atom. The molecule has 1 N–H and O–H groups in total. The van der Waals surface area contributed by atoms with Crippen LogP contribution < -0.4 is 5.56 Å². The smallest absolute Gasteiger partial charge is 0.352 e. The first kappa shape index (κ1) is 19.3. The molecule has 0 bridgehead atoms. The molecule has 1 aliphatic rings. The quantitative estimate of drug-likeness (QED) is 0.522. The molecular weight excluding hydrogens is 388 g/mol. The molecule has 3 aromatic rings. The molecule has 0 radical (unpaired) electrons. The summed E-state index contributed by atoms with van der Waals surface area (Å²) in [5.41, 5.74) is 1.49. The number of pyridine rings is 1. The number of aromatic nitrogens is 1. The lowest BCUT2D eigenvalue weighted by Gasteiger charge is -2.22. The van der Waals surface area contributed by atoms with Crippen LogP contribution in [0.1, 0.15) is 23.0 Å². The number of para-hydroxylation sites is 1. The van der Waals surface area contributed by atoms with Gasteiger partial charge in [0.15, 0.2) is 10.6 Å². The molecule has 150 valence electrons. The van der Waals surface area contributed by atoms with Crippen molar-refractivity contribution < 1.29 is 14.6 Å². The van der Waals surface area contributed by atoms with Crippen molar-refractivity contribution in [2.24, 2.45) is 0 Å². The highest BCUT2D eigenvalue weighted by Gasteiger charge is 2.25. The summed E-state index contributed by atoms with van der Waals surface area (Å²) >= 11 is 1.10. The number of allylic oxidation sites excluding steroid dienone is 3. The van der Waals surface area contributed by atoms with Crippen LogP contribution in [-0.4, -0.2) is 40.7 Å². The summed E-state index contributed by atoms with van der Waals surface area (Å²) in [5, 5.41) is 11.7. The lowest BCUT2D eigenvalue weighted by molar-refractivity contribution is 0.0529. The van der Waals surface area contributed by atoms with Crippen LogP contribution in [0.5, 0.6) is 5.75 Å². The molecule has 7 heteroatoms. The second kappa shape index (κ2) is 7.75. The van der Waals surface area contributed by atoms with Gasteiger partial charge in [-0.25, -0.2) is 4.79 Å². The van der Waals surface area contributed by atoms with E-state index in [2.05, 4.69) is 23.1 Å². The Hall–Kier alpha value is -3.06. The molecule has 0 aliphatic carbocycles. The Kier molecular flexibility index (Phi) is 5.15. The number of carbonyl (C=O) groups excluding carboxylic acids is 1. The lowest BCUT2D eigenvalue weighted by atomic mass is 10.1. The van der Waals surface area contributed by atoms with Gasteiger partial charge >= 0.3 is 5.97 Å². The Bertz CT molecular complexity index is 1220. The van der Waals surface area contributed by atoms with Crippen molar-refractivity contribution in [2.75, 3.05) is 20.2 Å². The average Bonchev–Trinajstić information content (AvgIpc) is 2.93. The van der Waals surface area contributed by atoms with E-state index >= 15 is 0 Å². The molecule has 1 aromatic carbocycles. The fourth-order valence-electron chi connectivity index (χ4n) is 3.60. The van der Waals surface area contributed by atoms with Gasteiger partial charge in [0.05, 0.1) is 23.4 Å². The fourth-order valence-corrected chi connectivity index (χ4v) is 4.71. The van der Waals surface area contributed by atoms with Crippen molar-refractivity contribution in [1.82, 2.24) is 9.47 Å². The van der Waals surface area contributed by atoms with Crippen LogP contribution in [0.25, 0.3) is 21.0 Å². The largest absolute Gasteiger partial charge is 0.505 e. The van der Waals surface area contributed by atoms with Gasteiger partial charge in [-0.2, -0.15) is 0 Å². The van der Waals surface area contributed by atoms with E-state index in [9.17, 15) is 14.7 Å². The van der Waals surface area contributed by atoms with Gasteiger partial charge in [-0.15, -0.1) is 11.3 Å². The van der Waals surface area contributed by atoms with Gasteiger partial charge in [0.2, 0.25) is 0 Å². The molecule has 0 spiro atoms. The van der Waals surface area contributed by atoms with Crippen LogP contribution in [0.4, 0.5) is 0 Å². The highest BCUT2D eigenvalue weighted by Crippen LogP contribution is 2.39. The van der Waals surface area contributed by atoms with Crippen molar-refractivity contribution in [3.63, 3.8) is 0 Å². The number of aromatic hydroxyl groups is 1. The highest BCUT2D eigenvalue weighted by atomic mass is 32.1. The van der Waals surface area contributed by atoms with E-state index in [1.807, 2.05) is 31.3 Å². The summed E-state index contributed by atoms with van der Waals surface area (Å²) < 4.78 is 7.33. The maximum absolute atomic E-state index is 13.4.